The molecule has 1 saturated heterocycles. The molecule has 0 radical (unpaired) electrons. The molecule has 1 aliphatic heterocycles. The van der Waals surface area contributed by atoms with Gasteiger partial charge in [0.2, 0.25) is 15.9 Å². The van der Waals surface area contributed by atoms with Crippen LogP contribution in [0.5, 0.6) is 5.75 Å². The van der Waals surface area contributed by atoms with Crippen molar-refractivity contribution in [3.8, 4) is 5.75 Å². The van der Waals surface area contributed by atoms with Gasteiger partial charge in [-0.3, -0.25) is 4.79 Å². The molecular weight excluding hydrogens is 366 g/mol. The molecule has 1 unspecified atom stereocenters. The summed E-state index contributed by atoms with van der Waals surface area (Å²) in [6.07, 6.45) is 3.08. The summed E-state index contributed by atoms with van der Waals surface area (Å²) in [5, 5.41) is 3.28. The maximum absolute atomic E-state index is 12.2. The number of ether oxygens (including phenoxy) is 1. The summed E-state index contributed by atoms with van der Waals surface area (Å²) in [5.41, 5.74) is 0.612. The van der Waals surface area contributed by atoms with Gasteiger partial charge >= 0.3 is 0 Å². The Balaban J connectivity index is 0.00000312. The van der Waals surface area contributed by atoms with Crippen LogP contribution < -0.4 is 14.8 Å². The number of carbonyl (C=O) groups excluding carboxylic acids is 1. The van der Waals surface area contributed by atoms with Crippen LogP contribution in [0.2, 0.25) is 0 Å². The predicted octanol–water partition coefficient (Wildman–Crippen LogP) is 0.859. The smallest absolute Gasteiger partial charge is 0.246 e. The van der Waals surface area contributed by atoms with Crippen molar-refractivity contribution < 1.29 is 17.9 Å². The van der Waals surface area contributed by atoms with Gasteiger partial charge in [0.15, 0.2) is 0 Å². The quantitative estimate of drug-likeness (QED) is 0.729. The Bertz CT molecular complexity index is 737. The normalized spacial score (nSPS) is 18.0. The number of rotatable bonds is 5. The van der Waals surface area contributed by atoms with Gasteiger partial charge in [0, 0.05) is 31.8 Å². The molecule has 2 rings (SSSR count). The number of hydrogen-bond donors (Lipinski definition) is 2. The van der Waals surface area contributed by atoms with Gasteiger partial charge in [0.25, 0.3) is 0 Å². The lowest BCUT2D eigenvalue weighted by Crippen LogP contribution is -2.50. The topological polar surface area (TPSA) is 87.7 Å². The van der Waals surface area contributed by atoms with Crippen LogP contribution >= 0.6 is 12.4 Å². The van der Waals surface area contributed by atoms with E-state index >= 15 is 0 Å². The van der Waals surface area contributed by atoms with Gasteiger partial charge in [-0.15, -0.1) is 12.4 Å². The summed E-state index contributed by atoms with van der Waals surface area (Å²) < 4.78 is 31.5. The van der Waals surface area contributed by atoms with Crippen LogP contribution in [0.15, 0.2) is 29.2 Å². The molecule has 25 heavy (non-hydrogen) atoms. The van der Waals surface area contributed by atoms with Crippen molar-refractivity contribution in [3.63, 3.8) is 0 Å². The number of benzene rings is 1. The van der Waals surface area contributed by atoms with E-state index < -0.39 is 10.0 Å². The van der Waals surface area contributed by atoms with Crippen molar-refractivity contribution in [3.05, 3.63) is 29.8 Å². The molecule has 0 spiro atoms. The highest BCUT2D eigenvalue weighted by Crippen LogP contribution is 2.25. The van der Waals surface area contributed by atoms with E-state index in [-0.39, 0.29) is 35.0 Å². The van der Waals surface area contributed by atoms with Crippen LogP contribution in [0.25, 0.3) is 6.08 Å². The Morgan fingerprint density at radius 2 is 2.16 bits per heavy atom. The van der Waals surface area contributed by atoms with E-state index in [4.69, 9.17) is 4.74 Å². The standard InChI is InChI=1S/C16H23N3O4S.ClH/c1-12-11-19(9-8-18-12)16(20)7-5-13-4-6-14(23-3)15(10-13)24(21,22)17-2;/h4-7,10,12,17-18H,8-9,11H2,1-3H3;1H. The van der Waals surface area contributed by atoms with Gasteiger partial charge in [-0.1, -0.05) is 6.07 Å². The third-order valence-corrected chi connectivity index (χ3v) is 5.28. The maximum atomic E-state index is 12.2. The van der Waals surface area contributed by atoms with Crippen LogP contribution in [0.1, 0.15) is 12.5 Å². The fourth-order valence-corrected chi connectivity index (χ4v) is 3.45. The number of halogens is 1. The summed E-state index contributed by atoms with van der Waals surface area (Å²) in [6, 6.07) is 5.03. The molecule has 0 saturated carbocycles. The van der Waals surface area contributed by atoms with E-state index in [0.29, 0.717) is 18.7 Å². The maximum Gasteiger partial charge on any atom is 0.246 e. The number of methoxy groups -OCH3 is 1. The summed E-state index contributed by atoms with van der Waals surface area (Å²) in [7, 11) is -0.891. The molecule has 140 valence electrons. The monoisotopic (exact) mass is 389 g/mol. The molecule has 1 atom stereocenters. The van der Waals surface area contributed by atoms with E-state index in [1.165, 1.54) is 26.3 Å². The van der Waals surface area contributed by atoms with Gasteiger partial charge in [0.05, 0.1) is 7.11 Å². The van der Waals surface area contributed by atoms with Crippen molar-refractivity contribution in [2.75, 3.05) is 33.8 Å². The SMILES string of the molecule is CNS(=O)(=O)c1cc(C=CC(=O)N2CCNC(C)C2)ccc1OC.Cl. The third kappa shape index (κ3) is 5.43. The molecule has 0 bridgehead atoms. The van der Waals surface area contributed by atoms with Gasteiger partial charge < -0.3 is 15.0 Å². The van der Waals surface area contributed by atoms with Crippen LogP contribution in [0, 0.1) is 0 Å². The van der Waals surface area contributed by atoms with Gasteiger partial charge in [-0.2, -0.15) is 0 Å². The lowest BCUT2D eigenvalue weighted by Gasteiger charge is -2.31. The lowest BCUT2D eigenvalue weighted by molar-refractivity contribution is -0.127. The summed E-state index contributed by atoms with van der Waals surface area (Å²) in [6.45, 7) is 4.12. The number of sulfonamides is 1. The lowest BCUT2D eigenvalue weighted by atomic mass is 10.2. The molecule has 1 fully saturated rings. The van der Waals surface area contributed by atoms with E-state index in [1.807, 2.05) is 6.92 Å². The second-order valence-electron chi connectivity index (χ2n) is 5.59. The Morgan fingerprint density at radius 1 is 1.44 bits per heavy atom. The first-order valence-corrected chi connectivity index (χ1v) is 9.17. The molecule has 1 heterocycles. The van der Waals surface area contributed by atoms with Crippen molar-refractivity contribution >= 4 is 34.4 Å². The molecule has 1 aromatic carbocycles. The highest BCUT2D eigenvalue weighted by Gasteiger charge is 2.19. The average Bonchev–Trinajstić information content (AvgIpc) is 2.59. The number of carbonyl (C=O) groups is 1. The van der Waals surface area contributed by atoms with Crippen LogP contribution in [-0.2, 0) is 14.8 Å². The van der Waals surface area contributed by atoms with Gasteiger partial charge in [-0.05, 0) is 37.7 Å². The molecule has 9 heteroatoms. The largest absolute Gasteiger partial charge is 0.495 e. The zero-order valence-corrected chi connectivity index (χ0v) is 16.1. The Morgan fingerprint density at radius 3 is 2.76 bits per heavy atom. The molecular formula is C16H24ClN3O4S. The Kier molecular flexibility index (Phi) is 7.88. The van der Waals surface area contributed by atoms with Crippen molar-refractivity contribution in [1.82, 2.24) is 14.9 Å². The predicted molar refractivity (Wildman–Crippen MR) is 99.6 cm³/mol. The van der Waals surface area contributed by atoms with E-state index in [9.17, 15) is 13.2 Å². The molecule has 0 aliphatic carbocycles. The molecule has 1 aliphatic rings. The second kappa shape index (κ2) is 9.19. The summed E-state index contributed by atoms with van der Waals surface area (Å²) in [4.78, 5) is 14.0. The van der Waals surface area contributed by atoms with Crippen LogP contribution in [0.3, 0.4) is 0 Å². The molecule has 2 N–H and O–H groups in total. The fraction of sp³-hybridized carbons (Fsp3) is 0.438. The molecule has 1 aromatic rings. The van der Waals surface area contributed by atoms with Crippen molar-refractivity contribution in [2.45, 2.75) is 17.9 Å². The number of amides is 1. The highest BCUT2D eigenvalue weighted by molar-refractivity contribution is 7.89. The number of nitrogens with zero attached hydrogens (tertiary/aromatic N) is 1. The minimum absolute atomic E-state index is 0. The number of nitrogens with one attached hydrogen (secondary N) is 2. The van der Waals surface area contributed by atoms with Crippen molar-refractivity contribution in [1.29, 1.82) is 0 Å². The van der Waals surface area contributed by atoms with Gasteiger partial charge in [-0.25, -0.2) is 13.1 Å². The zero-order valence-electron chi connectivity index (χ0n) is 14.5. The minimum Gasteiger partial charge on any atom is -0.495 e. The first-order chi connectivity index (χ1) is 11.4. The van der Waals surface area contributed by atoms with Crippen molar-refractivity contribution in [2.24, 2.45) is 0 Å². The summed E-state index contributed by atoms with van der Waals surface area (Å²) in [5.74, 6) is 0.168. The second-order valence-corrected chi connectivity index (χ2v) is 7.45. The average molecular weight is 390 g/mol. The van der Waals surface area contributed by atoms with E-state index in [0.717, 1.165) is 6.54 Å². The molecule has 7 nitrogen and oxygen atoms in total. The molecule has 0 aromatic heterocycles. The van der Waals surface area contributed by atoms with E-state index in [1.54, 1.807) is 23.1 Å². The molecule has 1 amide bonds. The van der Waals surface area contributed by atoms with Gasteiger partial charge in [0.1, 0.15) is 10.6 Å². The Labute approximate surface area is 154 Å². The highest BCUT2D eigenvalue weighted by atomic mass is 35.5. The van der Waals surface area contributed by atoms with Crippen LogP contribution in [0.4, 0.5) is 0 Å². The fourth-order valence-electron chi connectivity index (χ4n) is 2.52. The summed E-state index contributed by atoms with van der Waals surface area (Å²) >= 11 is 0. The van der Waals surface area contributed by atoms with E-state index in [2.05, 4.69) is 10.0 Å². The first-order valence-electron chi connectivity index (χ1n) is 7.69. The number of piperazine rings is 1. The number of hydrogen-bond acceptors (Lipinski definition) is 5. The third-order valence-electron chi connectivity index (χ3n) is 3.84. The first kappa shape index (κ1) is 21.4. The Hall–Kier alpha value is -1.61. The zero-order chi connectivity index (χ0) is 17.7. The minimum atomic E-state index is -3.64. The van der Waals surface area contributed by atoms with Crippen LogP contribution in [-0.4, -0.2) is 59.1 Å².